The van der Waals surface area contributed by atoms with E-state index in [9.17, 15) is 14.4 Å². The van der Waals surface area contributed by atoms with Crippen LogP contribution in [0.15, 0.2) is 63.8 Å². The number of ketones is 1. The van der Waals surface area contributed by atoms with Gasteiger partial charge in [0.05, 0.1) is 5.56 Å². The fourth-order valence-electron chi connectivity index (χ4n) is 2.14. The van der Waals surface area contributed by atoms with Gasteiger partial charge in [0.15, 0.2) is 5.78 Å². The second-order valence-corrected chi connectivity index (χ2v) is 4.96. The Kier molecular flexibility index (Phi) is 3.76. The summed E-state index contributed by atoms with van der Waals surface area (Å²) in [5.41, 5.74) is -0.0533. The van der Waals surface area contributed by atoms with Crippen molar-refractivity contribution in [1.82, 2.24) is 0 Å². The quantitative estimate of drug-likeness (QED) is 0.321. The Hall–Kier alpha value is -3.21. The van der Waals surface area contributed by atoms with Crippen LogP contribution in [0.2, 0.25) is 0 Å². The van der Waals surface area contributed by atoms with Crippen LogP contribution >= 0.6 is 0 Å². The summed E-state index contributed by atoms with van der Waals surface area (Å²) in [5, 5.41) is 0.578. The van der Waals surface area contributed by atoms with Crippen LogP contribution in [0, 0.1) is 0 Å². The van der Waals surface area contributed by atoms with E-state index in [4.69, 9.17) is 9.15 Å². The molecule has 5 nitrogen and oxygen atoms in total. The van der Waals surface area contributed by atoms with E-state index >= 15 is 0 Å². The van der Waals surface area contributed by atoms with E-state index in [-0.39, 0.29) is 22.7 Å². The molecule has 3 rings (SSSR count). The summed E-state index contributed by atoms with van der Waals surface area (Å²) in [6.45, 7) is 1.30. The molecule has 0 unspecified atom stereocenters. The first-order valence-electron chi connectivity index (χ1n) is 6.90. The van der Waals surface area contributed by atoms with Crippen molar-refractivity contribution in [3.63, 3.8) is 0 Å². The van der Waals surface area contributed by atoms with Gasteiger partial charge in [-0.05, 0) is 37.3 Å². The van der Waals surface area contributed by atoms with Crippen LogP contribution < -0.4 is 10.4 Å². The van der Waals surface area contributed by atoms with E-state index in [1.54, 1.807) is 42.5 Å². The second-order valence-electron chi connectivity index (χ2n) is 4.96. The van der Waals surface area contributed by atoms with Gasteiger partial charge in [0.2, 0.25) is 0 Å². The maximum absolute atomic E-state index is 12.0. The number of hydrogen-bond acceptors (Lipinski definition) is 5. The number of carbonyl (C=O) groups excluding carboxylic acids is 2. The fourth-order valence-corrected chi connectivity index (χ4v) is 2.14. The van der Waals surface area contributed by atoms with Crippen molar-refractivity contribution < 1.29 is 18.7 Å². The minimum absolute atomic E-state index is 0.00784. The van der Waals surface area contributed by atoms with Crippen molar-refractivity contribution in [2.75, 3.05) is 0 Å². The van der Waals surface area contributed by atoms with Crippen LogP contribution in [0.1, 0.15) is 27.6 Å². The zero-order valence-corrected chi connectivity index (χ0v) is 12.2. The molecule has 1 aromatic heterocycles. The van der Waals surface area contributed by atoms with Crippen LogP contribution in [0.3, 0.4) is 0 Å². The van der Waals surface area contributed by atoms with Gasteiger partial charge in [0.1, 0.15) is 16.9 Å². The summed E-state index contributed by atoms with van der Waals surface area (Å²) in [7, 11) is 0. The predicted octanol–water partition coefficient (Wildman–Crippen LogP) is 3.21. The average Bonchev–Trinajstić information content (AvgIpc) is 2.54. The molecule has 0 radical (unpaired) electrons. The Balaban J connectivity index is 1.94. The van der Waals surface area contributed by atoms with Crippen molar-refractivity contribution in [1.29, 1.82) is 0 Å². The van der Waals surface area contributed by atoms with Gasteiger partial charge in [-0.1, -0.05) is 18.2 Å². The van der Waals surface area contributed by atoms with E-state index in [1.165, 1.54) is 19.1 Å². The van der Waals surface area contributed by atoms with Gasteiger partial charge in [-0.25, -0.2) is 9.59 Å². The Labute approximate surface area is 131 Å². The summed E-state index contributed by atoms with van der Waals surface area (Å²) in [4.78, 5) is 35.1. The van der Waals surface area contributed by atoms with Gasteiger partial charge >= 0.3 is 11.6 Å². The van der Waals surface area contributed by atoms with Crippen molar-refractivity contribution in [3.05, 3.63) is 76.1 Å². The molecule has 0 saturated carbocycles. The number of benzene rings is 2. The Morgan fingerprint density at radius 1 is 1.00 bits per heavy atom. The van der Waals surface area contributed by atoms with Crippen LogP contribution in [-0.2, 0) is 0 Å². The molecular weight excluding hydrogens is 296 g/mol. The van der Waals surface area contributed by atoms with Gasteiger partial charge in [0.25, 0.3) is 0 Å². The highest BCUT2D eigenvalue weighted by Crippen LogP contribution is 2.21. The maximum Gasteiger partial charge on any atom is 0.347 e. The molecule has 0 N–H and O–H groups in total. The highest BCUT2D eigenvalue weighted by molar-refractivity contribution is 5.97. The molecule has 0 aliphatic rings. The molecular formula is C18H12O5. The molecule has 0 saturated heterocycles. The van der Waals surface area contributed by atoms with Crippen molar-refractivity contribution in [2.45, 2.75) is 6.92 Å². The number of fused-ring (bicyclic) bond motifs is 1. The van der Waals surface area contributed by atoms with E-state index in [2.05, 4.69) is 0 Å². The third-order valence-corrected chi connectivity index (χ3v) is 3.31. The number of carbonyl (C=O) groups is 2. The number of ether oxygens (including phenoxy) is 1. The standard InChI is InChI=1S/C18H12O5/c1-11(19)15-9-13-7-8-14(10-16(13)23-18(15)21)22-17(20)12-5-3-2-4-6-12/h2-10H,1H3. The van der Waals surface area contributed by atoms with Crippen molar-refractivity contribution in [3.8, 4) is 5.75 Å². The first-order chi connectivity index (χ1) is 11.0. The first-order valence-corrected chi connectivity index (χ1v) is 6.90. The fraction of sp³-hybridized carbons (Fsp3) is 0.0556. The summed E-state index contributed by atoms with van der Waals surface area (Å²) in [6, 6.07) is 14.7. The number of rotatable bonds is 3. The van der Waals surface area contributed by atoms with E-state index < -0.39 is 11.6 Å². The van der Waals surface area contributed by atoms with Crippen LogP contribution in [0.5, 0.6) is 5.75 Å². The summed E-state index contributed by atoms with van der Waals surface area (Å²) >= 11 is 0. The third-order valence-electron chi connectivity index (χ3n) is 3.31. The lowest BCUT2D eigenvalue weighted by Crippen LogP contribution is -2.11. The van der Waals surface area contributed by atoms with E-state index in [0.29, 0.717) is 10.9 Å². The second kappa shape index (κ2) is 5.88. The molecule has 114 valence electrons. The van der Waals surface area contributed by atoms with Crippen molar-refractivity contribution >= 4 is 22.7 Å². The molecule has 0 bridgehead atoms. The molecule has 0 amide bonds. The molecule has 1 heterocycles. The Morgan fingerprint density at radius 2 is 1.74 bits per heavy atom. The highest BCUT2D eigenvalue weighted by atomic mass is 16.5. The first kappa shape index (κ1) is 14.7. The molecule has 5 heteroatoms. The van der Waals surface area contributed by atoms with Crippen LogP contribution in [0.25, 0.3) is 11.0 Å². The number of hydrogen-bond donors (Lipinski definition) is 0. The molecule has 3 aromatic rings. The third kappa shape index (κ3) is 3.03. The number of esters is 1. The van der Waals surface area contributed by atoms with Gasteiger partial charge in [-0.3, -0.25) is 4.79 Å². The molecule has 0 aliphatic heterocycles. The van der Waals surface area contributed by atoms with Gasteiger partial charge < -0.3 is 9.15 Å². The van der Waals surface area contributed by atoms with Gasteiger partial charge in [-0.15, -0.1) is 0 Å². The predicted molar refractivity (Wildman–Crippen MR) is 83.9 cm³/mol. The molecule has 0 aliphatic carbocycles. The molecule has 23 heavy (non-hydrogen) atoms. The van der Waals surface area contributed by atoms with Gasteiger partial charge in [0, 0.05) is 11.5 Å². The average molecular weight is 308 g/mol. The minimum Gasteiger partial charge on any atom is -0.423 e. The van der Waals surface area contributed by atoms with Gasteiger partial charge in [-0.2, -0.15) is 0 Å². The number of Topliss-reactive ketones (excluding diaryl/α,β-unsaturated/α-hetero) is 1. The Bertz CT molecular complexity index is 954. The maximum atomic E-state index is 12.0. The normalized spacial score (nSPS) is 10.5. The lowest BCUT2D eigenvalue weighted by Gasteiger charge is -2.05. The van der Waals surface area contributed by atoms with Crippen LogP contribution in [-0.4, -0.2) is 11.8 Å². The molecule has 2 aromatic carbocycles. The monoisotopic (exact) mass is 308 g/mol. The Morgan fingerprint density at radius 3 is 2.43 bits per heavy atom. The lowest BCUT2D eigenvalue weighted by atomic mass is 10.1. The summed E-state index contributed by atoms with van der Waals surface area (Å²) < 4.78 is 10.4. The smallest absolute Gasteiger partial charge is 0.347 e. The molecule has 0 spiro atoms. The lowest BCUT2D eigenvalue weighted by molar-refractivity contribution is 0.0734. The van der Waals surface area contributed by atoms with Crippen molar-refractivity contribution in [2.24, 2.45) is 0 Å². The topological polar surface area (TPSA) is 73.6 Å². The minimum atomic E-state index is -0.712. The zero-order valence-electron chi connectivity index (χ0n) is 12.2. The zero-order chi connectivity index (χ0) is 16.4. The van der Waals surface area contributed by atoms with Crippen LogP contribution in [0.4, 0.5) is 0 Å². The van der Waals surface area contributed by atoms with E-state index in [0.717, 1.165) is 0 Å². The highest BCUT2D eigenvalue weighted by Gasteiger charge is 2.12. The SMILES string of the molecule is CC(=O)c1cc2ccc(OC(=O)c3ccccc3)cc2oc1=O. The largest absolute Gasteiger partial charge is 0.423 e. The van der Waals surface area contributed by atoms with E-state index in [1.807, 2.05) is 0 Å². The summed E-state index contributed by atoms with van der Waals surface area (Å²) in [6.07, 6.45) is 0. The molecule has 0 atom stereocenters. The molecule has 0 fully saturated rings. The summed E-state index contributed by atoms with van der Waals surface area (Å²) in [5.74, 6) is -0.613.